The van der Waals surface area contributed by atoms with Gasteiger partial charge in [0.05, 0.1) is 0 Å². The molecule has 4 nitrogen and oxygen atoms in total. The maximum atomic E-state index is 11.0. The fourth-order valence-electron chi connectivity index (χ4n) is 1.69. The molecule has 4 heteroatoms. The highest BCUT2D eigenvalue weighted by molar-refractivity contribution is 5.72. The summed E-state index contributed by atoms with van der Waals surface area (Å²) in [5.74, 6) is -0.353. The molecule has 1 rings (SSSR count). The van der Waals surface area contributed by atoms with Gasteiger partial charge in [0.15, 0.2) is 6.10 Å². The molecule has 0 radical (unpaired) electrons. The van der Waals surface area contributed by atoms with Crippen molar-refractivity contribution in [3.05, 3.63) is 29.8 Å². The third-order valence-corrected chi connectivity index (χ3v) is 2.85. The van der Waals surface area contributed by atoms with E-state index in [9.17, 15) is 4.79 Å². The summed E-state index contributed by atoms with van der Waals surface area (Å²) in [7, 11) is 0. The van der Waals surface area contributed by atoms with Crippen LogP contribution in [0.5, 0.6) is 5.75 Å². The minimum Gasteiger partial charge on any atom is -0.479 e. The van der Waals surface area contributed by atoms with E-state index in [2.05, 4.69) is 0 Å². The molecule has 3 N–H and O–H groups in total. The zero-order chi connectivity index (χ0) is 13.5. The highest BCUT2D eigenvalue weighted by Crippen LogP contribution is 2.20. The van der Waals surface area contributed by atoms with Gasteiger partial charge in [-0.2, -0.15) is 0 Å². The van der Waals surface area contributed by atoms with Gasteiger partial charge in [0.2, 0.25) is 0 Å². The zero-order valence-corrected chi connectivity index (χ0v) is 10.9. The van der Waals surface area contributed by atoms with Gasteiger partial charge in [0.1, 0.15) is 5.75 Å². The first-order valence-corrected chi connectivity index (χ1v) is 6.33. The second kappa shape index (κ2) is 7.01. The first-order chi connectivity index (χ1) is 8.58. The lowest BCUT2D eigenvalue weighted by Gasteiger charge is -2.15. The second-order valence-electron chi connectivity index (χ2n) is 4.32. The van der Waals surface area contributed by atoms with Crippen molar-refractivity contribution in [1.82, 2.24) is 0 Å². The van der Waals surface area contributed by atoms with Crippen LogP contribution in [0, 0.1) is 0 Å². The fourth-order valence-corrected chi connectivity index (χ4v) is 1.69. The van der Waals surface area contributed by atoms with Crippen LogP contribution in [0.25, 0.3) is 0 Å². The minimum atomic E-state index is -0.925. The summed E-state index contributed by atoms with van der Waals surface area (Å²) in [5.41, 5.74) is 6.94. The summed E-state index contributed by atoms with van der Waals surface area (Å²) >= 11 is 0. The molecule has 1 aromatic rings. The Hall–Kier alpha value is -1.55. The molecule has 1 unspecified atom stereocenters. The third-order valence-electron chi connectivity index (χ3n) is 2.85. The zero-order valence-electron chi connectivity index (χ0n) is 10.9. The summed E-state index contributed by atoms with van der Waals surface area (Å²) in [6.45, 7) is 3.96. The number of carbonyl (C=O) groups is 1. The lowest BCUT2D eigenvalue weighted by Crippen LogP contribution is -2.26. The molecule has 2 atom stereocenters. The normalized spacial score (nSPS) is 13.9. The Balaban J connectivity index is 2.70. The van der Waals surface area contributed by atoms with Crippen LogP contribution in [0.15, 0.2) is 24.3 Å². The van der Waals surface area contributed by atoms with Crippen LogP contribution in [-0.4, -0.2) is 17.2 Å². The molecule has 18 heavy (non-hydrogen) atoms. The third kappa shape index (κ3) is 4.04. The quantitative estimate of drug-likeness (QED) is 0.781. The van der Waals surface area contributed by atoms with E-state index >= 15 is 0 Å². The molecule has 0 amide bonds. The molecule has 0 spiro atoms. The van der Waals surface area contributed by atoms with Crippen molar-refractivity contribution in [2.75, 3.05) is 0 Å². The van der Waals surface area contributed by atoms with E-state index < -0.39 is 12.1 Å². The standard InChI is InChI=1S/C14H21NO3/c1-3-5-13(14(16)17)18-11-8-6-10(7-9-11)12(15)4-2/h6-9,12-13H,3-5,15H2,1-2H3,(H,16,17)/t12-,13?/m1/s1. The molecule has 0 aliphatic heterocycles. The van der Waals surface area contributed by atoms with Gasteiger partial charge >= 0.3 is 5.97 Å². The Morgan fingerprint density at radius 3 is 2.39 bits per heavy atom. The molecule has 0 heterocycles. The number of rotatable bonds is 7. The van der Waals surface area contributed by atoms with Crippen molar-refractivity contribution in [2.24, 2.45) is 5.73 Å². The lowest BCUT2D eigenvalue weighted by atomic mass is 10.1. The Morgan fingerprint density at radius 2 is 1.94 bits per heavy atom. The van der Waals surface area contributed by atoms with E-state index in [0.29, 0.717) is 12.2 Å². The Labute approximate surface area is 108 Å². The Morgan fingerprint density at radius 1 is 1.33 bits per heavy atom. The molecule has 0 aliphatic carbocycles. The molecular weight excluding hydrogens is 230 g/mol. The average Bonchev–Trinajstić information content (AvgIpc) is 2.38. The smallest absolute Gasteiger partial charge is 0.344 e. The first kappa shape index (κ1) is 14.5. The summed E-state index contributed by atoms with van der Waals surface area (Å²) in [6, 6.07) is 7.33. The number of carboxylic acid groups (broad SMARTS) is 1. The van der Waals surface area contributed by atoms with Gasteiger partial charge in [0, 0.05) is 6.04 Å². The minimum absolute atomic E-state index is 0.0185. The number of benzene rings is 1. The summed E-state index contributed by atoms with van der Waals surface area (Å²) in [4.78, 5) is 11.0. The molecule has 0 bridgehead atoms. The average molecular weight is 251 g/mol. The topological polar surface area (TPSA) is 72.5 Å². The number of hydrogen-bond donors (Lipinski definition) is 2. The summed E-state index contributed by atoms with van der Waals surface area (Å²) in [6.07, 6.45) is 1.37. The van der Waals surface area contributed by atoms with Crippen molar-refractivity contribution >= 4 is 5.97 Å². The van der Waals surface area contributed by atoms with Gasteiger partial charge in [-0.05, 0) is 30.5 Å². The predicted molar refractivity (Wildman–Crippen MR) is 70.6 cm³/mol. The molecular formula is C14H21NO3. The van der Waals surface area contributed by atoms with Gasteiger partial charge in [-0.15, -0.1) is 0 Å². The highest BCUT2D eigenvalue weighted by atomic mass is 16.5. The lowest BCUT2D eigenvalue weighted by molar-refractivity contribution is -0.145. The SMILES string of the molecule is CCCC(Oc1ccc([C@H](N)CC)cc1)C(=O)O. The molecule has 0 saturated carbocycles. The van der Waals surface area contributed by atoms with Gasteiger partial charge in [-0.25, -0.2) is 4.79 Å². The second-order valence-corrected chi connectivity index (χ2v) is 4.32. The van der Waals surface area contributed by atoms with Crippen LogP contribution in [0.1, 0.15) is 44.7 Å². The van der Waals surface area contributed by atoms with Crippen molar-refractivity contribution in [2.45, 2.75) is 45.3 Å². The first-order valence-electron chi connectivity index (χ1n) is 6.33. The number of hydrogen-bond acceptors (Lipinski definition) is 3. The monoisotopic (exact) mass is 251 g/mol. The maximum absolute atomic E-state index is 11.0. The molecule has 0 saturated heterocycles. The predicted octanol–water partition coefficient (Wildman–Crippen LogP) is 2.73. The van der Waals surface area contributed by atoms with E-state index in [0.717, 1.165) is 18.4 Å². The van der Waals surface area contributed by atoms with Gasteiger partial charge in [-0.1, -0.05) is 32.4 Å². The van der Waals surface area contributed by atoms with Crippen LogP contribution in [0.2, 0.25) is 0 Å². The molecule has 0 aliphatic rings. The molecule has 1 aromatic carbocycles. The Bertz CT molecular complexity index is 375. The van der Waals surface area contributed by atoms with Crippen molar-refractivity contribution < 1.29 is 14.6 Å². The van der Waals surface area contributed by atoms with Crippen LogP contribution in [0.4, 0.5) is 0 Å². The molecule has 100 valence electrons. The van der Waals surface area contributed by atoms with E-state index in [1.807, 2.05) is 26.0 Å². The van der Waals surface area contributed by atoms with Crippen LogP contribution < -0.4 is 10.5 Å². The van der Waals surface area contributed by atoms with Crippen LogP contribution in [0.3, 0.4) is 0 Å². The van der Waals surface area contributed by atoms with Gasteiger partial charge in [-0.3, -0.25) is 0 Å². The van der Waals surface area contributed by atoms with Crippen LogP contribution in [-0.2, 0) is 4.79 Å². The number of ether oxygens (including phenoxy) is 1. The highest BCUT2D eigenvalue weighted by Gasteiger charge is 2.18. The van der Waals surface area contributed by atoms with Crippen molar-refractivity contribution in [3.8, 4) is 5.75 Å². The number of carboxylic acids is 1. The van der Waals surface area contributed by atoms with E-state index in [4.69, 9.17) is 15.6 Å². The fraction of sp³-hybridized carbons (Fsp3) is 0.500. The summed E-state index contributed by atoms with van der Waals surface area (Å²) in [5, 5.41) is 9.00. The van der Waals surface area contributed by atoms with E-state index in [1.165, 1.54) is 0 Å². The van der Waals surface area contributed by atoms with Gasteiger partial charge in [0.25, 0.3) is 0 Å². The van der Waals surface area contributed by atoms with Gasteiger partial charge < -0.3 is 15.6 Å². The Kier molecular flexibility index (Phi) is 5.65. The van der Waals surface area contributed by atoms with E-state index in [-0.39, 0.29) is 6.04 Å². The summed E-state index contributed by atoms with van der Waals surface area (Å²) < 4.78 is 5.44. The van der Waals surface area contributed by atoms with Crippen LogP contribution >= 0.6 is 0 Å². The van der Waals surface area contributed by atoms with E-state index in [1.54, 1.807) is 12.1 Å². The van der Waals surface area contributed by atoms with Crippen molar-refractivity contribution in [3.63, 3.8) is 0 Å². The maximum Gasteiger partial charge on any atom is 0.344 e. The number of aliphatic carboxylic acids is 1. The molecule has 0 fully saturated rings. The largest absolute Gasteiger partial charge is 0.479 e. The molecule has 0 aromatic heterocycles. The number of nitrogens with two attached hydrogens (primary N) is 1. The van der Waals surface area contributed by atoms with Crippen molar-refractivity contribution in [1.29, 1.82) is 0 Å².